The van der Waals surface area contributed by atoms with Gasteiger partial charge in [-0.1, -0.05) is 48.5 Å². The summed E-state index contributed by atoms with van der Waals surface area (Å²) in [6.45, 7) is 1.61. The van der Waals surface area contributed by atoms with Crippen molar-refractivity contribution in [3.8, 4) is 11.1 Å². The lowest BCUT2D eigenvalue weighted by atomic mass is 9.95. The van der Waals surface area contributed by atoms with Crippen LogP contribution in [0.2, 0.25) is 0 Å². The van der Waals surface area contributed by atoms with Crippen molar-refractivity contribution in [3.05, 3.63) is 66.4 Å². The van der Waals surface area contributed by atoms with Gasteiger partial charge in [0.05, 0.1) is 5.52 Å². The summed E-state index contributed by atoms with van der Waals surface area (Å²) in [5, 5.41) is 0.913. The Morgan fingerprint density at radius 2 is 1.63 bits per heavy atom. The van der Waals surface area contributed by atoms with Crippen molar-refractivity contribution in [2.75, 3.05) is 0 Å². The predicted octanol–water partition coefficient (Wildman–Crippen LogP) is 4.10. The van der Waals surface area contributed by atoms with Crippen molar-refractivity contribution < 1.29 is 4.79 Å². The van der Waals surface area contributed by atoms with Crippen LogP contribution in [0.4, 0.5) is 0 Å². The third kappa shape index (κ3) is 2.02. The van der Waals surface area contributed by atoms with E-state index in [4.69, 9.17) is 0 Å². The summed E-state index contributed by atoms with van der Waals surface area (Å²) in [4.78, 5) is 16.5. The minimum Gasteiger partial charge on any atom is -0.294 e. The molecule has 1 heterocycles. The molecule has 3 aromatic rings. The number of fused-ring (bicyclic) bond motifs is 1. The van der Waals surface area contributed by atoms with E-state index in [1.54, 1.807) is 13.1 Å². The second-order valence-corrected chi connectivity index (χ2v) is 4.49. The molecule has 0 saturated heterocycles. The molecule has 0 atom stereocenters. The number of nitrogens with zero attached hydrogens (tertiary/aromatic N) is 1. The van der Waals surface area contributed by atoms with E-state index >= 15 is 0 Å². The highest BCUT2D eigenvalue weighted by Crippen LogP contribution is 2.28. The Kier molecular flexibility index (Phi) is 2.84. The van der Waals surface area contributed by atoms with Gasteiger partial charge < -0.3 is 0 Å². The summed E-state index contributed by atoms with van der Waals surface area (Å²) in [5.74, 6) is 0.0671. The van der Waals surface area contributed by atoms with Gasteiger partial charge in [-0.25, -0.2) is 0 Å². The first-order valence-corrected chi connectivity index (χ1v) is 6.21. The summed E-state index contributed by atoms with van der Waals surface area (Å²) < 4.78 is 0. The van der Waals surface area contributed by atoms with Crippen molar-refractivity contribution in [2.45, 2.75) is 6.92 Å². The molecule has 0 N–H and O–H groups in total. The highest BCUT2D eigenvalue weighted by Gasteiger charge is 2.13. The molecule has 0 amide bonds. The van der Waals surface area contributed by atoms with Crippen molar-refractivity contribution in [1.29, 1.82) is 0 Å². The molecule has 1 aromatic heterocycles. The first kappa shape index (κ1) is 11.6. The number of hydrogen-bond acceptors (Lipinski definition) is 2. The molecule has 0 bridgehead atoms. The Bertz CT molecular complexity index is 748. The molecule has 19 heavy (non-hydrogen) atoms. The lowest BCUT2D eigenvalue weighted by Gasteiger charge is -2.10. The smallest absolute Gasteiger partial charge is 0.161 e. The predicted molar refractivity (Wildman–Crippen MR) is 77.2 cm³/mol. The van der Waals surface area contributed by atoms with Gasteiger partial charge in [0.15, 0.2) is 5.78 Å². The maximum Gasteiger partial charge on any atom is 0.161 e. The van der Waals surface area contributed by atoms with Gasteiger partial charge in [-0.2, -0.15) is 0 Å². The van der Waals surface area contributed by atoms with Crippen molar-refractivity contribution in [2.24, 2.45) is 0 Å². The molecule has 0 aliphatic rings. The zero-order valence-corrected chi connectivity index (χ0v) is 10.6. The van der Waals surface area contributed by atoms with Gasteiger partial charge in [-0.05, 0) is 18.6 Å². The second-order valence-electron chi connectivity index (χ2n) is 4.49. The fourth-order valence-corrected chi connectivity index (χ4v) is 2.36. The Morgan fingerprint density at radius 3 is 2.37 bits per heavy atom. The second kappa shape index (κ2) is 4.65. The standard InChI is InChI=1S/C17H13NO/c1-12(19)17-14-9-5-6-10-16(14)18-11-15(17)13-7-3-2-4-8-13/h2-11H,1H3. The number of hydrogen-bond donors (Lipinski definition) is 0. The summed E-state index contributed by atoms with van der Waals surface area (Å²) in [6.07, 6.45) is 1.79. The van der Waals surface area contributed by atoms with E-state index in [0.717, 1.165) is 27.6 Å². The average molecular weight is 247 g/mol. The molecular weight excluding hydrogens is 234 g/mol. The van der Waals surface area contributed by atoms with Crippen LogP contribution in [-0.4, -0.2) is 10.8 Å². The van der Waals surface area contributed by atoms with Gasteiger partial charge in [-0.3, -0.25) is 9.78 Å². The lowest BCUT2D eigenvalue weighted by Crippen LogP contribution is -1.99. The molecule has 2 aromatic carbocycles. The van der Waals surface area contributed by atoms with Gasteiger partial charge in [0, 0.05) is 22.7 Å². The molecule has 0 fully saturated rings. The number of pyridine rings is 1. The Hall–Kier alpha value is -2.48. The molecule has 0 aliphatic carbocycles. The molecule has 0 unspecified atom stereocenters. The van der Waals surface area contributed by atoms with Crippen LogP contribution >= 0.6 is 0 Å². The first-order chi connectivity index (χ1) is 9.27. The van der Waals surface area contributed by atoms with Crippen LogP contribution in [0, 0.1) is 0 Å². The molecule has 0 spiro atoms. The molecule has 2 heteroatoms. The normalized spacial score (nSPS) is 10.6. The average Bonchev–Trinajstić information content (AvgIpc) is 2.46. The van der Waals surface area contributed by atoms with E-state index < -0.39 is 0 Å². The monoisotopic (exact) mass is 247 g/mol. The number of ketones is 1. The fraction of sp³-hybridized carbons (Fsp3) is 0.0588. The number of carbonyl (C=O) groups excluding carboxylic acids is 1. The number of benzene rings is 2. The fourth-order valence-electron chi connectivity index (χ4n) is 2.36. The van der Waals surface area contributed by atoms with E-state index in [0.29, 0.717) is 0 Å². The van der Waals surface area contributed by atoms with Gasteiger partial charge in [0.2, 0.25) is 0 Å². The highest BCUT2D eigenvalue weighted by molar-refractivity contribution is 6.11. The van der Waals surface area contributed by atoms with Crippen molar-refractivity contribution in [3.63, 3.8) is 0 Å². The van der Waals surface area contributed by atoms with Crippen LogP contribution in [0.15, 0.2) is 60.8 Å². The Balaban J connectivity index is 2.37. The molecule has 2 nitrogen and oxygen atoms in total. The summed E-state index contributed by atoms with van der Waals surface area (Å²) >= 11 is 0. The van der Waals surface area contributed by atoms with E-state index in [-0.39, 0.29) is 5.78 Å². The van der Waals surface area contributed by atoms with Crippen LogP contribution in [0.3, 0.4) is 0 Å². The number of carbonyl (C=O) groups is 1. The van der Waals surface area contributed by atoms with Gasteiger partial charge in [0.25, 0.3) is 0 Å². The zero-order valence-electron chi connectivity index (χ0n) is 10.6. The van der Waals surface area contributed by atoms with E-state index in [1.807, 2.05) is 54.6 Å². The molecule has 0 saturated carbocycles. The topological polar surface area (TPSA) is 30.0 Å². The van der Waals surface area contributed by atoms with Gasteiger partial charge in [0.1, 0.15) is 0 Å². The third-order valence-electron chi connectivity index (χ3n) is 3.21. The SMILES string of the molecule is CC(=O)c1c(-c2ccccc2)cnc2ccccc12. The summed E-state index contributed by atoms with van der Waals surface area (Å²) in [6, 6.07) is 17.6. The van der Waals surface area contributed by atoms with E-state index in [9.17, 15) is 4.79 Å². The zero-order chi connectivity index (χ0) is 13.2. The number of aromatic nitrogens is 1. The molecular formula is C17H13NO. The largest absolute Gasteiger partial charge is 0.294 e. The van der Waals surface area contributed by atoms with Crippen molar-refractivity contribution >= 4 is 16.7 Å². The summed E-state index contributed by atoms with van der Waals surface area (Å²) in [5.41, 5.74) is 3.52. The number of rotatable bonds is 2. The maximum absolute atomic E-state index is 12.0. The Labute approximate surface area is 111 Å². The lowest BCUT2D eigenvalue weighted by molar-refractivity contribution is 0.102. The first-order valence-electron chi connectivity index (χ1n) is 6.21. The molecule has 92 valence electrons. The van der Waals surface area contributed by atoms with Gasteiger partial charge in [-0.15, -0.1) is 0 Å². The highest BCUT2D eigenvalue weighted by atomic mass is 16.1. The van der Waals surface area contributed by atoms with Gasteiger partial charge >= 0.3 is 0 Å². The van der Waals surface area contributed by atoms with Crippen LogP contribution in [-0.2, 0) is 0 Å². The van der Waals surface area contributed by atoms with Crippen LogP contribution < -0.4 is 0 Å². The maximum atomic E-state index is 12.0. The molecule has 3 rings (SSSR count). The van der Waals surface area contributed by atoms with Crippen LogP contribution in [0.5, 0.6) is 0 Å². The Morgan fingerprint density at radius 1 is 0.947 bits per heavy atom. The quantitative estimate of drug-likeness (QED) is 0.638. The number of Topliss-reactive ketones (excluding diaryl/α,β-unsaturated/α-hetero) is 1. The number of para-hydroxylation sites is 1. The third-order valence-corrected chi connectivity index (χ3v) is 3.21. The van der Waals surface area contributed by atoms with Crippen LogP contribution in [0.25, 0.3) is 22.0 Å². The molecule has 0 aliphatic heterocycles. The molecule has 0 radical (unpaired) electrons. The minimum atomic E-state index is 0.0671. The minimum absolute atomic E-state index is 0.0671. The van der Waals surface area contributed by atoms with E-state index in [1.165, 1.54) is 0 Å². The summed E-state index contributed by atoms with van der Waals surface area (Å²) in [7, 11) is 0. The van der Waals surface area contributed by atoms with E-state index in [2.05, 4.69) is 4.98 Å². The van der Waals surface area contributed by atoms with Crippen LogP contribution in [0.1, 0.15) is 17.3 Å². The van der Waals surface area contributed by atoms with Crippen molar-refractivity contribution in [1.82, 2.24) is 4.98 Å².